The molecular formula is C11H16O. The summed E-state index contributed by atoms with van der Waals surface area (Å²) >= 11 is 0. The largest absolute Gasteiger partial charge is 0.303 e. The van der Waals surface area contributed by atoms with Crippen molar-refractivity contribution in [2.45, 2.75) is 27.2 Å². The van der Waals surface area contributed by atoms with Gasteiger partial charge in [-0.25, -0.2) is 0 Å². The Morgan fingerprint density at radius 2 is 1.67 bits per heavy atom. The van der Waals surface area contributed by atoms with Crippen molar-refractivity contribution in [3.8, 4) is 0 Å². The fourth-order valence-corrected chi connectivity index (χ4v) is 0.807. The number of rotatable bonds is 1. The summed E-state index contributed by atoms with van der Waals surface area (Å²) in [6, 6.07) is 8.45. The van der Waals surface area contributed by atoms with Crippen LogP contribution in [0.25, 0.3) is 0 Å². The molecule has 1 heteroatoms. The molecule has 0 bridgehead atoms. The first-order valence-corrected chi connectivity index (χ1v) is 4.17. The summed E-state index contributed by atoms with van der Waals surface area (Å²) in [6.45, 7) is 6.02. The van der Waals surface area contributed by atoms with Gasteiger partial charge in [-0.3, -0.25) is 0 Å². The average molecular weight is 164 g/mol. The first-order chi connectivity index (χ1) is 5.70. The second kappa shape index (κ2) is 6.59. The molecule has 12 heavy (non-hydrogen) atoms. The normalized spacial score (nSPS) is 8.25. The quantitative estimate of drug-likeness (QED) is 0.583. The van der Waals surface area contributed by atoms with Gasteiger partial charge in [0, 0.05) is 6.42 Å². The highest BCUT2D eigenvalue weighted by Gasteiger charge is 1.80. The van der Waals surface area contributed by atoms with Crippen molar-refractivity contribution in [2.75, 3.05) is 0 Å². The maximum absolute atomic E-state index is 9.17. The Morgan fingerprint density at radius 1 is 1.25 bits per heavy atom. The van der Waals surface area contributed by atoms with Gasteiger partial charge in [-0.15, -0.1) is 0 Å². The zero-order chi connectivity index (χ0) is 9.40. The lowest BCUT2D eigenvalue weighted by Gasteiger charge is -1.90. The molecule has 0 fully saturated rings. The summed E-state index contributed by atoms with van der Waals surface area (Å²) in [4.78, 5) is 9.17. The highest BCUT2D eigenvalue weighted by Crippen LogP contribution is 2.00. The van der Waals surface area contributed by atoms with Crippen LogP contribution in [0.2, 0.25) is 0 Å². The molecule has 1 rings (SSSR count). The Bertz CT molecular complexity index is 211. The molecule has 0 aromatic heterocycles. The second-order valence-electron chi connectivity index (χ2n) is 2.73. The van der Waals surface area contributed by atoms with E-state index in [4.69, 9.17) is 0 Å². The second-order valence-corrected chi connectivity index (χ2v) is 2.73. The van der Waals surface area contributed by atoms with Crippen LogP contribution in [0.1, 0.15) is 24.5 Å². The molecule has 0 radical (unpaired) electrons. The minimum atomic E-state index is 0.639. The molecule has 1 aromatic carbocycles. The van der Waals surface area contributed by atoms with Crippen molar-refractivity contribution in [3.05, 3.63) is 35.4 Å². The van der Waals surface area contributed by atoms with Crippen molar-refractivity contribution in [1.82, 2.24) is 0 Å². The zero-order valence-corrected chi connectivity index (χ0v) is 8.00. The minimum Gasteiger partial charge on any atom is -0.303 e. The van der Waals surface area contributed by atoms with Gasteiger partial charge >= 0.3 is 0 Å². The van der Waals surface area contributed by atoms with E-state index < -0.39 is 0 Å². The Morgan fingerprint density at radius 3 is 1.83 bits per heavy atom. The number of hydrogen-bond donors (Lipinski definition) is 0. The van der Waals surface area contributed by atoms with Gasteiger partial charge in [0.2, 0.25) is 0 Å². The van der Waals surface area contributed by atoms with E-state index >= 15 is 0 Å². The SMILES string of the molecule is CCC=O.Cc1cccc(C)c1. The number of carbonyl (C=O) groups is 1. The highest BCUT2D eigenvalue weighted by molar-refractivity contribution is 5.48. The smallest absolute Gasteiger partial charge is 0.119 e. The predicted molar refractivity (Wildman–Crippen MR) is 52.3 cm³/mol. The van der Waals surface area contributed by atoms with Crippen LogP contribution in [0.15, 0.2) is 24.3 Å². The third-order valence-electron chi connectivity index (χ3n) is 1.34. The lowest BCUT2D eigenvalue weighted by Crippen LogP contribution is -1.71. The van der Waals surface area contributed by atoms with E-state index in [9.17, 15) is 4.79 Å². The molecule has 0 saturated heterocycles. The molecule has 0 N–H and O–H groups in total. The van der Waals surface area contributed by atoms with Crippen LogP contribution in [-0.4, -0.2) is 6.29 Å². The van der Waals surface area contributed by atoms with E-state index in [1.54, 1.807) is 0 Å². The van der Waals surface area contributed by atoms with Gasteiger partial charge in [-0.05, 0) is 13.8 Å². The molecular weight excluding hydrogens is 148 g/mol. The molecule has 0 spiro atoms. The van der Waals surface area contributed by atoms with Crippen LogP contribution in [0.4, 0.5) is 0 Å². The summed E-state index contributed by atoms with van der Waals surface area (Å²) in [5, 5.41) is 0. The Labute approximate surface area is 74.4 Å². The molecule has 1 aromatic rings. The first-order valence-electron chi connectivity index (χ1n) is 4.17. The van der Waals surface area contributed by atoms with E-state index in [2.05, 4.69) is 38.1 Å². The monoisotopic (exact) mass is 164 g/mol. The molecule has 0 aliphatic heterocycles. The fraction of sp³-hybridized carbons (Fsp3) is 0.364. The maximum atomic E-state index is 9.17. The summed E-state index contributed by atoms with van der Waals surface area (Å²) in [5.41, 5.74) is 2.68. The maximum Gasteiger partial charge on any atom is 0.119 e. The van der Waals surface area contributed by atoms with Crippen LogP contribution in [-0.2, 0) is 4.79 Å². The van der Waals surface area contributed by atoms with Gasteiger partial charge in [-0.2, -0.15) is 0 Å². The summed E-state index contributed by atoms with van der Waals surface area (Å²) in [7, 11) is 0. The van der Waals surface area contributed by atoms with Gasteiger partial charge in [0.05, 0.1) is 0 Å². The molecule has 66 valence electrons. The van der Waals surface area contributed by atoms with Crippen LogP contribution in [0.3, 0.4) is 0 Å². The van der Waals surface area contributed by atoms with Gasteiger partial charge in [-0.1, -0.05) is 42.3 Å². The topological polar surface area (TPSA) is 17.1 Å². The van der Waals surface area contributed by atoms with Crippen molar-refractivity contribution in [1.29, 1.82) is 0 Å². The number of aldehydes is 1. The van der Waals surface area contributed by atoms with Crippen molar-refractivity contribution < 1.29 is 4.79 Å². The number of hydrogen-bond acceptors (Lipinski definition) is 1. The van der Waals surface area contributed by atoms with Crippen LogP contribution < -0.4 is 0 Å². The van der Waals surface area contributed by atoms with Crippen molar-refractivity contribution in [2.24, 2.45) is 0 Å². The van der Waals surface area contributed by atoms with Crippen molar-refractivity contribution >= 4 is 6.29 Å². The predicted octanol–water partition coefficient (Wildman–Crippen LogP) is 2.90. The summed E-state index contributed by atoms with van der Waals surface area (Å²) in [6.07, 6.45) is 1.51. The number of benzene rings is 1. The molecule has 0 heterocycles. The Hall–Kier alpha value is -1.11. The van der Waals surface area contributed by atoms with Gasteiger partial charge in [0.25, 0.3) is 0 Å². The van der Waals surface area contributed by atoms with Crippen LogP contribution >= 0.6 is 0 Å². The highest BCUT2D eigenvalue weighted by atomic mass is 16.1. The minimum absolute atomic E-state index is 0.639. The Balaban J connectivity index is 0.000000261. The molecule has 0 atom stereocenters. The van der Waals surface area contributed by atoms with Crippen LogP contribution in [0.5, 0.6) is 0 Å². The van der Waals surface area contributed by atoms with E-state index in [0.29, 0.717) is 6.42 Å². The first kappa shape index (κ1) is 10.9. The Kier molecular flexibility index (Phi) is 5.98. The van der Waals surface area contributed by atoms with E-state index in [0.717, 1.165) is 6.29 Å². The van der Waals surface area contributed by atoms with E-state index in [1.807, 2.05) is 6.92 Å². The summed E-state index contributed by atoms with van der Waals surface area (Å²) < 4.78 is 0. The third-order valence-corrected chi connectivity index (χ3v) is 1.34. The van der Waals surface area contributed by atoms with Crippen LogP contribution in [0, 0.1) is 13.8 Å². The fourth-order valence-electron chi connectivity index (χ4n) is 0.807. The molecule has 0 saturated carbocycles. The molecule has 1 nitrogen and oxygen atoms in total. The molecule has 0 aliphatic rings. The molecule has 0 unspecified atom stereocenters. The number of carbonyl (C=O) groups excluding carboxylic acids is 1. The van der Waals surface area contributed by atoms with E-state index in [-0.39, 0.29) is 0 Å². The standard InChI is InChI=1S/C8H10.C3H6O/c1-7-4-3-5-8(2)6-7;1-2-3-4/h3-6H,1-2H3;3H,2H2,1H3. The zero-order valence-electron chi connectivity index (χ0n) is 8.00. The van der Waals surface area contributed by atoms with Gasteiger partial charge < -0.3 is 4.79 Å². The lowest BCUT2D eigenvalue weighted by atomic mass is 10.2. The molecule has 0 aliphatic carbocycles. The van der Waals surface area contributed by atoms with Gasteiger partial charge in [0.1, 0.15) is 6.29 Å². The summed E-state index contributed by atoms with van der Waals surface area (Å²) in [5.74, 6) is 0. The third kappa shape index (κ3) is 5.66. The average Bonchev–Trinajstić information content (AvgIpc) is 2.04. The lowest BCUT2D eigenvalue weighted by molar-refractivity contribution is -0.107. The van der Waals surface area contributed by atoms with Crippen molar-refractivity contribution in [3.63, 3.8) is 0 Å². The number of aryl methyl sites for hydroxylation is 2. The van der Waals surface area contributed by atoms with Gasteiger partial charge in [0.15, 0.2) is 0 Å². The van der Waals surface area contributed by atoms with E-state index in [1.165, 1.54) is 11.1 Å². The molecule has 0 amide bonds.